The number of ether oxygens (including phenoxy) is 1. The van der Waals surface area contributed by atoms with Crippen molar-refractivity contribution in [3.8, 4) is 5.75 Å². The molecule has 0 bridgehead atoms. The van der Waals surface area contributed by atoms with Crippen LogP contribution in [0.25, 0.3) is 0 Å². The molecule has 1 heterocycles. The van der Waals surface area contributed by atoms with E-state index in [-0.39, 0.29) is 24.6 Å². The number of nitrogens with one attached hydrogen (secondary N) is 2. The van der Waals surface area contributed by atoms with Crippen molar-refractivity contribution in [2.24, 2.45) is 0 Å². The van der Waals surface area contributed by atoms with E-state index < -0.39 is 0 Å². The van der Waals surface area contributed by atoms with Gasteiger partial charge in [0.1, 0.15) is 5.75 Å². The zero-order chi connectivity index (χ0) is 20.1. The van der Waals surface area contributed by atoms with Crippen molar-refractivity contribution in [3.63, 3.8) is 0 Å². The van der Waals surface area contributed by atoms with Crippen LogP contribution in [0.5, 0.6) is 5.75 Å². The lowest BCUT2D eigenvalue weighted by Gasteiger charge is -2.34. The van der Waals surface area contributed by atoms with Gasteiger partial charge in [0.05, 0.1) is 0 Å². The fraction of sp³-hybridized carbons (Fsp3) is 0.652. The van der Waals surface area contributed by atoms with Gasteiger partial charge in [0.15, 0.2) is 6.61 Å². The van der Waals surface area contributed by atoms with E-state index in [4.69, 9.17) is 4.74 Å². The summed E-state index contributed by atoms with van der Waals surface area (Å²) in [7, 11) is 0. The molecule has 2 fully saturated rings. The van der Waals surface area contributed by atoms with Gasteiger partial charge in [0.25, 0.3) is 5.91 Å². The SMILES string of the molecule is O=C(COc1ccc2c(c1)CCC2)NC1CCN(C(=O)NC2CCCCC2)CC1. The van der Waals surface area contributed by atoms with Crippen LogP contribution >= 0.6 is 0 Å². The maximum absolute atomic E-state index is 12.4. The highest BCUT2D eigenvalue weighted by Gasteiger charge is 2.25. The van der Waals surface area contributed by atoms with Crippen molar-refractivity contribution >= 4 is 11.9 Å². The van der Waals surface area contributed by atoms with Crippen LogP contribution in [0.3, 0.4) is 0 Å². The lowest BCUT2D eigenvalue weighted by molar-refractivity contribution is -0.124. The largest absolute Gasteiger partial charge is 0.484 e. The first-order valence-corrected chi connectivity index (χ1v) is 11.3. The standard InChI is InChI=1S/C23H33N3O3/c27-22(16-29-21-10-9-17-5-4-6-18(17)15-21)24-20-11-13-26(14-12-20)23(28)25-19-7-2-1-3-8-19/h9-10,15,19-20H,1-8,11-14,16H2,(H,24,27)(H,25,28). The smallest absolute Gasteiger partial charge is 0.317 e. The van der Waals surface area contributed by atoms with Crippen LogP contribution in [0.2, 0.25) is 0 Å². The molecular weight excluding hydrogens is 366 g/mol. The minimum absolute atomic E-state index is 0.0428. The minimum atomic E-state index is -0.0874. The van der Waals surface area contributed by atoms with Gasteiger partial charge in [0.2, 0.25) is 0 Å². The van der Waals surface area contributed by atoms with Gasteiger partial charge in [-0.2, -0.15) is 0 Å². The number of urea groups is 1. The van der Waals surface area contributed by atoms with Gasteiger partial charge in [-0.3, -0.25) is 4.79 Å². The van der Waals surface area contributed by atoms with Crippen LogP contribution in [-0.4, -0.2) is 48.6 Å². The van der Waals surface area contributed by atoms with E-state index in [0.717, 1.165) is 44.3 Å². The van der Waals surface area contributed by atoms with E-state index in [1.54, 1.807) is 0 Å². The van der Waals surface area contributed by atoms with Crippen molar-refractivity contribution in [2.45, 2.75) is 76.3 Å². The monoisotopic (exact) mass is 399 g/mol. The predicted octanol–water partition coefficient (Wildman–Crippen LogP) is 3.18. The Kier molecular flexibility index (Phi) is 6.57. The molecule has 1 saturated carbocycles. The third-order valence-electron chi connectivity index (χ3n) is 6.52. The highest BCUT2D eigenvalue weighted by atomic mass is 16.5. The highest BCUT2D eigenvalue weighted by Crippen LogP contribution is 2.26. The number of nitrogens with zero attached hydrogens (tertiary/aromatic N) is 1. The van der Waals surface area contributed by atoms with Gasteiger partial charge in [-0.05, 0) is 68.2 Å². The first-order chi connectivity index (χ1) is 14.2. The number of likely N-dealkylation sites (tertiary alicyclic amines) is 1. The minimum Gasteiger partial charge on any atom is -0.484 e. The van der Waals surface area contributed by atoms with E-state index in [2.05, 4.69) is 22.8 Å². The molecule has 3 amide bonds. The maximum Gasteiger partial charge on any atom is 0.317 e. The van der Waals surface area contributed by atoms with Crippen LogP contribution in [0, 0.1) is 0 Å². The van der Waals surface area contributed by atoms with Gasteiger partial charge < -0.3 is 20.3 Å². The van der Waals surface area contributed by atoms with E-state index >= 15 is 0 Å². The molecule has 29 heavy (non-hydrogen) atoms. The molecule has 1 saturated heterocycles. The number of piperidine rings is 1. The van der Waals surface area contributed by atoms with Crippen molar-refractivity contribution < 1.29 is 14.3 Å². The van der Waals surface area contributed by atoms with Crippen LogP contribution in [-0.2, 0) is 17.6 Å². The van der Waals surface area contributed by atoms with Gasteiger partial charge in [0, 0.05) is 25.2 Å². The molecule has 0 atom stereocenters. The third kappa shape index (κ3) is 5.43. The summed E-state index contributed by atoms with van der Waals surface area (Å²) in [5, 5.41) is 6.24. The fourth-order valence-corrected chi connectivity index (χ4v) is 4.80. The van der Waals surface area contributed by atoms with Crippen LogP contribution in [0.1, 0.15) is 62.5 Å². The summed E-state index contributed by atoms with van der Waals surface area (Å²) < 4.78 is 5.69. The lowest BCUT2D eigenvalue weighted by Crippen LogP contribution is -2.51. The Bertz CT molecular complexity index is 722. The van der Waals surface area contributed by atoms with Crippen molar-refractivity contribution in [1.29, 1.82) is 0 Å². The quantitative estimate of drug-likeness (QED) is 0.799. The van der Waals surface area contributed by atoms with Gasteiger partial charge >= 0.3 is 6.03 Å². The highest BCUT2D eigenvalue weighted by molar-refractivity contribution is 5.78. The molecule has 3 aliphatic rings. The van der Waals surface area contributed by atoms with Gasteiger partial charge in [-0.15, -0.1) is 0 Å². The number of fused-ring (bicyclic) bond motifs is 1. The Morgan fingerprint density at radius 3 is 2.41 bits per heavy atom. The average molecular weight is 400 g/mol. The topological polar surface area (TPSA) is 70.7 Å². The Labute approximate surface area is 173 Å². The molecule has 0 aromatic heterocycles. The van der Waals surface area contributed by atoms with Crippen LogP contribution in [0.15, 0.2) is 18.2 Å². The molecule has 1 aromatic rings. The molecule has 6 nitrogen and oxygen atoms in total. The van der Waals surface area contributed by atoms with E-state index in [0.29, 0.717) is 19.1 Å². The van der Waals surface area contributed by atoms with Crippen molar-refractivity contribution in [2.75, 3.05) is 19.7 Å². The number of hydrogen-bond acceptors (Lipinski definition) is 3. The molecule has 0 radical (unpaired) electrons. The first kappa shape index (κ1) is 20.0. The molecule has 4 rings (SSSR count). The lowest BCUT2D eigenvalue weighted by atomic mass is 9.95. The number of aryl methyl sites for hydroxylation is 2. The maximum atomic E-state index is 12.4. The fourth-order valence-electron chi connectivity index (χ4n) is 4.80. The summed E-state index contributed by atoms with van der Waals surface area (Å²) in [5.41, 5.74) is 2.75. The summed E-state index contributed by atoms with van der Waals surface area (Å²) in [6.45, 7) is 1.42. The molecule has 0 unspecified atom stereocenters. The number of amides is 3. The molecule has 1 aromatic carbocycles. The van der Waals surface area contributed by atoms with Gasteiger partial charge in [-0.25, -0.2) is 4.79 Å². The molecule has 2 N–H and O–H groups in total. The molecule has 0 spiro atoms. The van der Waals surface area contributed by atoms with Crippen LogP contribution in [0.4, 0.5) is 4.79 Å². The second-order valence-electron chi connectivity index (χ2n) is 8.69. The number of carbonyl (C=O) groups is 2. The second kappa shape index (κ2) is 9.51. The zero-order valence-corrected chi connectivity index (χ0v) is 17.3. The summed E-state index contributed by atoms with van der Waals surface area (Å²) in [5.74, 6) is 0.686. The molecule has 158 valence electrons. The number of carbonyl (C=O) groups excluding carboxylic acids is 2. The number of hydrogen-bond donors (Lipinski definition) is 2. The summed E-state index contributed by atoms with van der Waals surface area (Å²) in [6, 6.07) is 6.65. The normalized spacial score (nSPS) is 20.2. The Balaban J connectivity index is 1.15. The number of rotatable bonds is 5. The molecule has 6 heteroatoms. The zero-order valence-electron chi connectivity index (χ0n) is 17.3. The van der Waals surface area contributed by atoms with Crippen LogP contribution < -0.4 is 15.4 Å². The van der Waals surface area contributed by atoms with Gasteiger partial charge in [-0.1, -0.05) is 25.3 Å². The average Bonchev–Trinajstić information content (AvgIpc) is 3.21. The second-order valence-corrected chi connectivity index (χ2v) is 8.69. The molecular formula is C23H33N3O3. The van der Waals surface area contributed by atoms with E-state index in [9.17, 15) is 9.59 Å². The summed E-state index contributed by atoms with van der Waals surface area (Å²) in [6.07, 6.45) is 11.0. The summed E-state index contributed by atoms with van der Waals surface area (Å²) in [4.78, 5) is 26.6. The number of benzene rings is 1. The van der Waals surface area contributed by atoms with E-state index in [1.807, 2.05) is 11.0 Å². The third-order valence-corrected chi connectivity index (χ3v) is 6.52. The Morgan fingerprint density at radius 2 is 1.62 bits per heavy atom. The Hall–Kier alpha value is -2.24. The summed E-state index contributed by atoms with van der Waals surface area (Å²) >= 11 is 0. The Morgan fingerprint density at radius 1 is 0.897 bits per heavy atom. The van der Waals surface area contributed by atoms with Crippen molar-refractivity contribution in [1.82, 2.24) is 15.5 Å². The molecule has 2 aliphatic carbocycles. The van der Waals surface area contributed by atoms with Crippen molar-refractivity contribution in [3.05, 3.63) is 29.3 Å². The molecule has 1 aliphatic heterocycles. The first-order valence-electron chi connectivity index (χ1n) is 11.3. The predicted molar refractivity (Wildman–Crippen MR) is 112 cm³/mol. The van der Waals surface area contributed by atoms with E-state index in [1.165, 1.54) is 36.8 Å².